The molecule has 0 bridgehead atoms. The van der Waals surface area contributed by atoms with E-state index >= 15 is 0 Å². The Morgan fingerprint density at radius 2 is 1.51 bits per heavy atom. The summed E-state index contributed by atoms with van der Waals surface area (Å²) in [5.41, 5.74) is 11.3. The molecule has 8 rings (SSSR count). The minimum atomic E-state index is 0.208. The Morgan fingerprint density at radius 3 is 2.29 bits per heavy atom. The van der Waals surface area contributed by atoms with Gasteiger partial charge in [0.1, 0.15) is 12.0 Å². The van der Waals surface area contributed by atoms with Crippen LogP contribution in [0, 0.1) is 0 Å². The summed E-state index contributed by atoms with van der Waals surface area (Å²) in [7, 11) is 0. The summed E-state index contributed by atoms with van der Waals surface area (Å²) in [6.07, 6.45) is 17.6. The quantitative estimate of drug-likeness (QED) is 0.307. The van der Waals surface area contributed by atoms with Gasteiger partial charge in [0.05, 0.1) is 23.6 Å². The SMILES string of the molecule is c1cc(-c2ccc(-c3cnc(C4CCCCN4)[nH]3)c3c2C2(CCCC2)CC3)ccc1C1=NC(C2CCCCN2)NC1. The molecule has 3 aliphatic heterocycles. The molecule has 1 saturated carbocycles. The zero-order valence-corrected chi connectivity index (χ0v) is 24.3. The summed E-state index contributed by atoms with van der Waals surface area (Å²) in [6, 6.07) is 14.9. The smallest absolute Gasteiger partial charge is 0.123 e. The Kier molecular flexibility index (Phi) is 6.81. The van der Waals surface area contributed by atoms with Crippen LogP contribution in [0.2, 0.25) is 0 Å². The van der Waals surface area contributed by atoms with Crippen molar-refractivity contribution in [3.8, 4) is 22.4 Å². The number of hydrogen-bond acceptors (Lipinski definition) is 5. The van der Waals surface area contributed by atoms with E-state index < -0.39 is 0 Å². The van der Waals surface area contributed by atoms with Gasteiger partial charge in [-0.05, 0) is 97.7 Å². The Balaban J connectivity index is 1.11. The molecular formula is C35H44N6. The highest BCUT2D eigenvalue weighted by molar-refractivity contribution is 6.03. The van der Waals surface area contributed by atoms with E-state index in [1.165, 1.54) is 111 Å². The number of H-pyrrole nitrogens is 1. The van der Waals surface area contributed by atoms with E-state index in [9.17, 15) is 0 Å². The average Bonchev–Trinajstić information content (AvgIpc) is 3.86. The van der Waals surface area contributed by atoms with Gasteiger partial charge in [0, 0.05) is 18.2 Å². The van der Waals surface area contributed by atoms with Gasteiger partial charge in [-0.2, -0.15) is 0 Å². The fraction of sp³-hybridized carbons (Fsp3) is 0.543. The molecule has 0 amide bonds. The van der Waals surface area contributed by atoms with Crippen molar-refractivity contribution in [1.29, 1.82) is 0 Å². The van der Waals surface area contributed by atoms with Gasteiger partial charge in [-0.15, -0.1) is 0 Å². The second kappa shape index (κ2) is 10.8. The van der Waals surface area contributed by atoms with E-state index in [1.54, 1.807) is 11.1 Å². The van der Waals surface area contributed by atoms with Gasteiger partial charge >= 0.3 is 0 Å². The van der Waals surface area contributed by atoms with Crippen molar-refractivity contribution < 1.29 is 0 Å². The highest BCUT2D eigenvalue weighted by Gasteiger charge is 2.43. The van der Waals surface area contributed by atoms with Crippen molar-refractivity contribution in [2.24, 2.45) is 4.99 Å². The maximum atomic E-state index is 5.11. The number of fused-ring (bicyclic) bond motifs is 2. The first-order valence-corrected chi connectivity index (χ1v) is 16.4. The van der Waals surface area contributed by atoms with Crippen molar-refractivity contribution in [2.75, 3.05) is 19.6 Å². The maximum absolute atomic E-state index is 5.11. The fourth-order valence-corrected chi connectivity index (χ4v) is 8.64. The molecule has 2 aliphatic carbocycles. The van der Waals surface area contributed by atoms with Crippen LogP contribution >= 0.6 is 0 Å². The first kappa shape index (κ1) is 25.9. The number of nitrogens with one attached hydrogen (secondary N) is 4. The molecule has 4 N–H and O–H groups in total. The van der Waals surface area contributed by atoms with Gasteiger partial charge < -0.3 is 15.6 Å². The van der Waals surface area contributed by atoms with Gasteiger partial charge in [0.2, 0.25) is 0 Å². The van der Waals surface area contributed by atoms with E-state index in [-0.39, 0.29) is 6.17 Å². The van der Waals surface area contributed by atoms with E-state index in [4.69, 9.17) is 9.98 Å². The third kappa shape index (κ3) is 4.68. The summed E-state index contributed by atoms with van der Waals surface area (Å²) >= 11 is 0. The van der Waals surface area contributed by atoms with Gasteiger partial charge in [0.15, 0.2) is 0 Å². The van der Waals surface area contributed by atoms with E-state index in [2.05, 4.69) is 63.5 Å². The molecule has 5 aliphatic rings. The molecule has 3 fully saturated rings. The third-order valence-electron chi connectivity index (χ3n) is 10.8. The minimum Gasteiger partial charge on any atom is -0.341 e. The number of rotatable bonds is 5. The molecular weight excluding hydrogens is 504 g/mol. The van der Waals surface area contributed by atoms with Gasteiger partial charge in [-0.3, -0.25) is 10.3 Å². The number of imidazole rings is 1. The normalized spacial score (nSPS) is 27.3. The molecule has 3 aromatic rings. The van der Waals surface area contributed by atoms with Crippen LogP contribution in [0.15, 0.2) is 47.6 Å². The molecule has 3 atom stereocenters. The molecule has 214 valence electrons. The standard InChI is InChI=1S/C35H44N6/c1-5-19-36-28(7-1)33-38-21-30(40-33)24-11-9-23(10-12-24)25-13-14-26(27-15-18-35(32(25)27)16-3-4-17-35)31-22-39-34(41-31)29-8-2-6-20-37-29/h9-14,22,28-29,33,36-38H,1-8,15-21H2,(H,39,41). The molecule has 41 heavy (non-hydrogen) atoms. The van der Waals surface area contributed by atoms with Crippen LogP contribution in [-0.2, 0) is 11.8 Å². The molecule has 0 radical (unpaired) electrons. The second-order valence-electron chi connectivity index (χ2n) is 13.2. The number of aliphatic imine (C=N–C) groups is 1. The Labute approximate surface area is 244 Å². The summed E-state index contributed by atoms with van der Waals surface area (Å²) in [5.74, 6) is 1.10. The summed E-state index contributed by atoms with van der Waals surface area (Å²) in [6.45, 7) is 3.07. The second-order valence-corrected chi connectivity index (χ2v) is 13.2. The molecule has 6 heteroatoms. The average molecular weight is 549 g/mol. The predicted octanol–water partition coefficient (Wildman–Crippen LogP) is 6.18. The van der Waals surface area contributed by atoms with Crippen LogP contribution < -0.4 is 16.0 Å². The van der Waals surface area contributed by atoms with Gasteiger partial charge in [-0.1, -0.05) is 62.1 Å². The number of nitrogens with zero attached hydrogens (tertiary/aromatic N) is 2. The third-order valence-corrected chi connectivity index (χ3v) is 10.8. The molecule has 1 spiro atoms. The first-order chi connectivity index (χ1) is 20.3. The predicted molar refractivity (Wildman–Crippen MR) is 166 cm³/mol. The Bertz CT molecular complexity index is 1420. The van der Waals surface area contributed by atoms with Gasteiger partial charge in [-0.25, -0.2) is 4.98 Å². The van der Waals surface area contributed by atoms with E-state index in [0.29, 0.717) is 17.5 Å². The maximum Gasteiger partial charge on any atom is 0.123 e. The molecule has 2 aromatic carbocycles. The molecule has 4 heterocycles. The topological polar surface area (TPSA) is 77.1 Å². The van der Waals surface area contributed by atoms with Crippen molar-refractivity contribution in [1.82, 2.24) is 25.9 Å². The summed E-state index contributed by atoms with van der Waals surface area (Å²) < 4.78 is 0. The van der Waals surface area contributed by atoms with Crippen LogP contribution in [0.3, 0.4) is 0 Å². The zero-order chi connectivity index (χ0) is 27.2. The molecule has 2 saturated heterocycles. The number of piperidine rings is 2. The lowest BCUT2D eigenvalue weighted by Crippen LogP contribution is -2.47. The number of benzene rings is 2. The Hall–Kier alpha value is -2.80. The lowest BCUT2D eigenvalue weighted by atomic mass is 9.76. The lowest BCUT2D eigenvalue weighted by molar-refractivity contribution is 0.333. The summed E-state index contributed by atoms with van der Waals surface area (Å²) in [5, 5.41) is 11.0. The highest BCUT2D eigenvalue weighted by Crippen LogP contribution is 2.55. The van der Waals surface area contributed by atoms with Crippen LogP contribution in [0.5, 0.6) is 0 Å². The monoisotopic (exact) mass is 548 g/mol. The molecule has 6 nitrogen and oxygen atoms in total. The van der Waals surface area contributed by atoms with E-state index in [1.807, 2.05) is 0 Å². The fourth-order valence-electron chi connectivity index (χ4n) is 8.64. The minimum absolute atomic E-state index is 0.208. The van der Waals surface area contributed by atoms with Crippen molar-refractivity contribution in [3.63, 3.8) is 0 Å². The highest BCUT2D eigenvalue weighted by atomic mass is 15.2. The van der Waals surface area contributed by atoms with Gasteiger partial charge in [0.25, 0.3) is 0 Å². The lowest BCUT2D eigenvalue weighted by Gasteiger charge is -2.28. The van der Waals surface area contributed by atoms with Crippen LogP contribution in [0.1, 0.15) is 99.2 Å². The number of aromatic amines is 1. The molecule has 1 aromatic heterocycles. The van der Waals surface area contributed by atoms with Crippen molar-refractivity contribution in [2.45, 2.75) is 101 Å². The first-order valence-electron chi connectivity index (χ1n) is 16.4. The summed E-state index contributed by atoms with van der Waals surface area (Å²) in [4.78, 5) is 13.7. The van der Waals surface area contributed by atoms with Crippen LogP contribution in [-0.4, -0.2) is 47.5 Å². The van der Waals surface area contributed by atoms with Crippen LogP contribution in [0.25, 0.3) is 22.4 Å². The number of aromatic nitrogens is 2. The number of hydrogen-bond donors (Lipinski definition) is 4. The Morgan fingerprint density at radius 1 is 0.732 bits per heavy atom. The largest absolute Gasteiger partial charge is 0.341 e. The van der Waals surface area contributed by atoms with E-state index in [0.717, 1.165) is 25.5 Å². The zero-order valence-electron chi connectivity index (χ0n) is 24.3. The van der Waals surface area contributed by atoms with Crippen molar-refractivity contribution in [3.05, 3.63) is 65.1 Å². The van der Waals surface area contributed by atoms with Crippen LogP contribution in [0.4, 0.5) is 0 Å². The molecule has 3 unspecified atom stereocenters. The van der Waals surface area contributed by atoms with Crippen molar-refractivity contribution >= 4 is 5.71 Å².